The van der Waals surface area contributed by atoms with E-state index in [0.717, 1.165) is 12.8 Å². The van der Waals surface area contributed by atoms with E-state index in [1.807, 2.05) is 0 Å². The molecule has 0 aromatic rings. The first-order chi connectivity index (χ1) is 5.78. The molecule has 0 bridgehead atoms. The van der Waals surface area contributed by atoms with Gasteiger partial charge >= 0.3 is 0 Å². The Kier molecular flexibility index (Phi) is 7.45. The number of hydrogen-bond donors (Lipinski definition) is 2. The van der Waals surface area contributed by atoms with E-state index in [0.29, 0.717) is 12.6 Å². The van der Waals surface area contributed by atoms with Crippen molar-refractivity contribution in [1.29, 1.82) is 0 Å². The van der Waals surface area contributed by atoms with E-state index in [9.17, 15) is 0 Å². The molecule has 0 saturated carbocycles. The molecule has 0 radical (unpaired) electrons. The third-order valence-electron chi connectivity index (χ3n) is 2.05. The van der Waals surface area contributed by atoms with Crippen LogP contribution in [0.4, 0.5) is 0 Å². The summed E-state index contributed by atoms with van der Waals surface area (Å²) in [5, 5.41) is 12.3. The topological polar surface area (TPSA) is 41.5 Å². The largest absolute Gasteiger partial charge is 0.395 e. The van der Waals surface area contributed by atoms with Crippen LogP contribution in [0.2, 0.25) is 0 Å². The minimum Gasteiger partial charge on any atom is -0.395 e. The van der Waals surface area contributed by atoms with E-state index in [-0.39, 0.29) is 12.6 Å². The number of hydrogen-bond acceptors (Lipinski definition) is 3. The van der Waals surface area contributed by atoms with Crippen LogP contribution in [0, 0.1) is 0 Å². The van der Waals surface area contributed by atoms with E-state index >= 15 is 0 Å². The molecule has 3 nitrogen and oxygen atoms in total. The average Bonchev–Trinajstić information content (AvgIpc) is 2.12. The van der Waals surface area contributed by atoms with Gasteiger partial charge in [-0.15, -0.1) is 0 Å². The van der Waals surface area contributed by atoms with Gasteiger partial charge in [-0.3, -0.25) is 0 Å². The van der Waals surface area contributed by atoms with Gasteiger partial charge in [0.2, 0.25) is 0 Å². The van der Waals surface area contributed by atoms with E-state index < -0.39 is 0 Å². The first-order valence-electron chi connectivity index (χ1n) is 4.64. The lowest BCUT2D eigenvalue weighted by Crippen LogP contribution is -2.42. The van der Waals surface area contributed by atoms with E-state index in [2.05, 4.69) is 19.2 Å². The van der Waals surface area contributed by atoms with Gasteiger partial charge in [0.05, 0.1) is 13.2 Å². The molecule has 0 aliphatic heterocycles. The highest BCUT2D eigenvalue weighted by atomic mass is 16.5. The molecular weight excluding hydrogens is 154 g/mol. The molecular formula is C9H21NO2. The lowest BCUT2D eigenvalue weighted by molar-refractivity contribution is 0.145. The van der Waals surface area contributed by atoms with Gasteiger partial charge in [0.25, 0.3) is 0 Å². The third-order valence-corrected chi connectivity index (χ3v) is 2.05. The third kappa shape index (κ3) is 4.70. The highest BCUT2D eigenvalue weighted by Gasteiger charge is 2.10. The number of methoxy groups -OCH3 is 1. The van der Waals surface area contributed by atoms with Crippen molar-refractivity contribution in [1.82, 2.24) is 5.32 Å². The molecule has 2 N–H and O–H groups in total. The van der Waals surface area contributed by atoms with Crippen LogP contribution in [0.5, 0.6) is 0 Å². The maximum absolute atomic E-state index is 8.94. The second-order valence-corrected chi connectivity index (χ2v) is 3.01. The lowest BCUT2D eigenvalue weighted by atomic mass is 10.1. The molecule has 0 fully saturated rings. The molecule has 0 aromatic carbocycles. The van der Waals surface area contributed by atoms with Crippen LogP contribution in [0.25, 0.3) is 0 Å². The first kappa shape index (κ1) is 11.9. The quantitative estimate of drug-likeness (QED) is 0.600. The molecule has 0 aliphatic rings. The van der Waals surface area contributed by atoms with Crippen molar-refractivity contribution >= 4 is 0 Å². The van der Waals surface area contributed by atoms with E-state index in [4.69, 9.17) is 9.84 Å². The van der Waals surface area contributed by atoms with Gasteiger partial charge in [0.15, 0.2) is 0 Å². The summed E-state index contributed by atoms with van der Waals surface area (Å²) < 4.78 is 5.04. The van der Waals surface area contributed by atoms with Crippen molar-refractivity contribution in [2.24, 2.45) is 0 Å². The van der Waals surface area contributed by atoms with E-state index in [1.165, 1.54) is 0 Å². The van der Waals surface area contributed by atoms with E-state index in [1.54, 1.807) is 7.11 Å². The van der Waals surface area contributed by atoms with Gasteiger partial charge in [0.1, 0.15) is 0 Å². The fraction of sp³-hybridized carbons (Fsp3) is 1.00. The maximum Gasteiger partial charge on any atom is 0.0615 e. The molecule has 2 atom stereocenters. The first-order valence-corrected chi connectivity index (χ1v) is 4.64. The van der Waals surface area contributed by atoms with Crippen molar-refractivity contribution in [3.8, 4) is 0 Å². The Bertz CT molecular complexity index is 94.5. The average molecular weight is 175 g/mol. The molecule has 0 saturated heterocycles. The summed E-state index contributed by atoms with van der Waals surface area (Å²) in [6.45, 7) is 5.10. The highest BCUT2D eigenvalue weighted by molar-refractivity contribution is 4.71. The van der Waals surface area contributed by atoms with Crippen LogP contribution in [0.3, 0.4) is 0 Å². The zero-order chi connectivity index (χ0) is 9.40. The SMILES string of the molecule is CCC(CO)NC(CC)COC. The van der Waals surface area contributed by atoms with Crippen molar-refractivity contribution in [3.63, 3.8) is 0 Å². The monoisotopic (exact) mass is 175 g/mol. The number of aliphatic hydroxyl groups is 1. The van der Waals surface area contributed by atoms with Crippen molar-refractivity contribution < 1.29 is 9.84 Å². The van der Waals surface area contributed by atoms with Crippen LogP contribution in [0.15, 0.2) is 0 Å². The van der Waals surface area contributed by atoms with Gasteiger partial charge in [0, 0.05) is 19.2 Å². The fourth-order valence-electron chi connectivity index (χ4n) is 1.12. The Morgan fingerprint density at radius 1 is 1.25 bits per heavy atom. The number of nitrogens with one attached hydrogen (secondary N) is 1. The Hall–Kier alpha value is -0.120. The number of ether oxygens (including phenoxy) is 1. The minimum absolute atomic E-state index is 0.205. The second kappa shape index (κ2) is 7.53. The molecule has 12 heavy (non-hydrogen) atoms. The molecule has 0 rings (SSSR count). The van der Waals surface area contributed by atoms with Crippen LogP contribution >= 0.6 is 0 Å². The normalized spacial score (nSPS) is 16.0. The van der Waals surface area contributed by atoms with Crippen LogP contribution < -0.4 is 5.32 Å². The molecule has 3 heteroatoms. The second-order valence-electron chi connectivity index (χ2n) is 3.01. The summed E-state index contributed by atoms with van der Waals surface area (Å²) in [5.74, 6) is 0. The smallest absolute Gasteiger partial charge is 0.0615 e. The van der Waals surface area contributed by atoms with Crippen molar-refractivity contribution in [2.75, 3.05) is 20.3 Å². The van der Waals surface area contributed by atoms with Gasteiger partial charge < -0.3 is 15.2 Å². The predicted molar refractivity (Wildman–Crippen MR) is 50.3 cm³/mol. The number of aliphatic hydroxyl groups excluding tert-OH is 1. The zero-order valence-corrected chi connectivity index (χ0v) is 8.34. The summed E-state index contributed by atoms with van der Waals surface area (Å²) >= 11 is 0. The molecule has 0 spiro atoms. The molecule has 2 unspecified atom stereocenters. The lowest BCUT2D eigenvalue weighted by Gasteiger charge is -2.21. The van der Waals surface area contributed by atoms with Gasteiger partial charge in [-0.05, 0) is 12.8 Å². The maximum atomic E-state index is 8.94. The van der Waals surface area contributed by atoms with Crippen LogP contribution in [-0.2, 0) is 4.74 Å². The summed E-state index contributed by atoms with van der Waals surface area (Å²) in [5.41, 5.74) is 0. The summed E-state index contributed by atoms with van der Waals surface area (Å²) in [7, 11) is 1.70. The zero-order valence-electron chi connectivity index (χ0n) is 8.34. The molecule has 0 amide bonds. The van der Waals surface area contributed by atoms with Gasteiger partial charge in [-0.25, -0.2) is 0 Å². The Labute approximate surface area is 75.1 Å². The van der Waals surface area contributed by atoms with Gasteiger partial charge in [-0.2, -0.15) is 0 Å². The van der Waals surface area contributed by atoms with Crippen molar-refractivity contribution in [2.45, 2.75) is 38.8 Å². The summed E-state index contributed by atoms with van der Waals surface area (Å²) in [6, 6.07) is 0.581. The standard InChI is InChI=1S/C9H21NO2/c1-4-8(6-11)10-9(5-2)7-12-3/h8-11H,4-7H2,1-3H3. The highest BCUT2D eigenvalue weighted by Crippen LogP contribution is 1.97. The van der Waals surface area contributed by atoms with Gasteiger partial charge in [-0.1, -0.05) is 13.8 Å². The molecule has 0 heterocycles. The molecule has 74 valence electrons. The summed E-state index contributed by atoms with van der Waals surface area (Å²) in [6.07, 6.45) is 1.99. The van der Waals surface area contributed by atoms with Crippen LogP contribution in [-0.4, -0.2) is 37.5 Å². The van der Waals surface area contributed by atoms with Crippen molar-refractivity contribution in [3.05, 3.63) is 0 Å². The number of rotatable bonds is 7. The molecule has 0 aromatic heterocycles. The minimum atomic E-state index is 0.205. The Balaban J connectivity index is 3.65. The summed E-state index contributed by atoms with van der Waals surface area (Å²) in [4.78, 5) is 0. The van der Waals surface area contributed by atoms with Crippen LogP contribution in [0.1, 0.15) is 26.7 Å². The predicted octanol–water partition coefficient (Wildman–Crippen LogP) is 0.772. The molecule has 0 aliphatic carbocycles. The fourth-order valence-corrected chi connectivity index (χ4v) is 1.12. The Morgan fingerprint density at radius 3 is 2.17 bits per heavy atom. The Morgan fingerprint density at radius 2 is 1.83 bits per heavy atom.